The molecule has 1 N–H and O–H groups in total. The van der Waals surface area contributed by atoms with Crippen LogP contribution in [0.1, 0.15) is 23.1 Å². The normalized spacial score (nSPS) is 10.8. The summed E-state index contributed by atoms with van der Waals surface area (Å²) in [7, 11) is 1.63. The van der Waals surface area contributed by atoms with Crippen LogP contribution < -0.4 is 14.8 Å². The molecule has 0 aliphatic heterocycles. The quantitative estimate of drug-likeness (QED) is 0.616. The minimum absolute atomic E-state index is 0.0813. The molecule has 7 heteroatoms. The number of benzene rings is 2. The second-order valence-electron chi connectivity index (χ2n) is 5.89. The van der Waals surface area contributed by atoms with Gasteiger partial charge in [0.15, 0.2) is 6.61 Å². The minimum Gasteiger partial charge on any atom is -0.497 e. The van der Waals surface area contributed by atoms with Crippen molar-refractivity contribution in [3.05, 3.63) is 64.7 Å². The Morgan fingerprint density at radius 2 is 1.75 bits per heavy atom. The van der Waals surface area contributed by atoms with E-state index in [0.29, 0.717) is 15.9 Å². The Morgan fingerprint density at radius 3 is 2.43 bits per heavy atom. The maximum absolute atomic E-state index is 12.0. The van der Waals surface area contributed by atoms with E-state index in [-0.39, 0.29) is 12.5 Å². The number of methoxy groups -OCH3 is 1. The Bertz CT molecular complexity index is 934. The Hall–Kier alpha value is -3.19. The van der Waals surface area contributed by atoms with E-state index < -0.39 is 0 Å². The van der Waals surface area contributed by atoms with Gasteiger partial charge in [-0.1, -0.05) is 48.6 Å². The monoisotopic (exact) mass is 395 g/mol. The van der Waals surface area contributed by atoms with E-state index in [1.807, 2.05) is 60.7 Å². The lowest BCUT2D eigenvalue weighted by Gasteiger charge is -2.06. The molecular formula is C21H21N3O3S. The van der Waals surface area contributed by atoms with Crippen LogP contribution >= 0.6 is 11.3 Å². The summed E-state index contributed by atoms with van der Waals surface area (Å²) in [6, 6.07) is 15.4. The smallest absolute Gasteiger partial charge is 0.264 e. The second-order valence-corrected chi connectivity index (χ2v) is 6.90. The van der Waals surface area contributed by atoms with Crippen molar-refractivity contribution in [2.24, 2.45) is 0 Å². The zero-order valence-corrected chi connectivity index (χ0v) is 16.5. The number of rotatable bonds is 8. The Morgan fingerprint density at radius 1 is 1.04 bits per heavy atom. The molecule has 3 rings (SSSR count). The predicted octanol–water partition coefficient (Wildman–Crippen LogP) is 4.30. The summed E-state index contributed by atoms with van der Waals surface area (Å²) >= 11 is 1.29. The van der Waals surface area contributed by atoms with E-state index in [0.717, 1.165) is 17.7 Å². The lowest BCUT2D eigenvalue weighted by atomic mass is 10.2. The average molecular weight is 395 g/mol. The predicted molar refractivity (Wildman–Crippen MR) is 112 cm³/mol. The summed E-state index contributed by atoms with van der Waals surface area (Å²) in [5, 5.41) is 11.9. The first-order valence-electron chi connectivity index (χ1n) is 8.83. The van der Waals surface area contributed by atoms with E-state index in [2.05, 4.69) is 22.4 Å². The number of amides is 1. The van der Waals surface area contributed by atoms with Crippen LogP contribution in [-0.4, -0.2) is 29.8 Å². The molecule has 1 aromatic heterocycles. The summed E-state index contributed by atoms with van der Waals surface area (Å²) in [5.74, 6) is 1.19. The first kappa shape index (κ1) is 19.6. The van der Waals surface area contributed by atoms with Crippen molar-refractivity contribution in [2.45, 2.75) is 13.3 Å². The van der Waals surface area contributed by atoms with Gasteiger partial charge in [0.05, 0.1) is 7.11 Å². The number of aromatic nitrogens is 2. The Labute approximate surface area is 167 Å². The van der Waals surface area contributed by atoms with Crippen molar-refractivity contribution in [1.29, 1.82) is 0 Å². The summed E-state index contributed by atoms with van der Waals surface area (Å²) in [6.07, 6.45) is 4.74. The number of carbonyl (C=O) groups excluding carboxylic acids is 1. The molecule has 0 fully saturated rings. The molecule has 28 heavy (non-hydrogen) atoms. The van der Waals surface area contributed by atoms with Gasteiger partial charge in [0.2, 0.25) is 5.13 Å². The van der Waals surface area contributed by atoms with Crippen molar-refractivity contribution >= 4 is 34.5 Å². The zero-order valence-electron chi connectivity index (χ0n) is 15.7. The molecule has 0 saturated carbocycles. The lowest BCUT2D eigenvalue weighted by molar-refractivity contribution is -0.118. The van der Waals surface area contributed by atoms with E-state index in [1.54, 1.807) is 7.11 Å². The molecule has 0 aliphatic rings. The van der Waals surface area contributed by atoms with Gasteiger partial charge in [0.1, 0.15) is 16.5 Å². The van der Waals surface area contributed by atoms with Crippen LogP contribution in [-0.2, 0) is 11.2 Å². The van der Waals surface area contributed by atoms with Crippen LogP contribution in [0.4, 0.5) is 5.13 Å². The number of aryl methyl sites for hydroxylation is 1. The van der Waals surface area contributed by atoms with Gasteiger partial charge in [-0.2, -0.15) is 0 Å². The molecule has 1 amide bonds. The largest absolute Gasteiger partial charge is 0.497 e. The van der Waals surface area contributed by atoms with Crippen LogP contribution in [0.2, 0.25) is 0 Å². The molecular weight excluding hydrogens is 374 g/mol. The van der Waals surface area contributed by atoms with Crippen LogP contribution in [0.3, 0.4) is 0 Å². The molecule has 0 radical (unpaired) electrons. The molecule has 2 aromatic carbocycles. The Kier molecular flexibility index (Phi) is 6.75. The fourth-order valence-corrected chi connectivity index (χ4v) is 3.02. The van der Waals surface area contributed by atoms with Crippen molar-refractivity contribution in [3.8, 4) is 11.5 Å². The molecule has 3 aromatic rings. The molecule has 6 nitrogen and oxygen atoms in total. The summed E-state index contributed by atoms with van der Waals surface area (Å²) in [5.41, 5.74) is 2.24. The van der Waals surface area contributed by atoms with E-state index >= 15 is 0 Å². The van der Waals surface area contributed by atoms with E-state index in [9.17, 15) is 4.79 Å². The highest BCUT2D eigenvalue weighted by molar-refractivity contribution is 7.16. The third-order valence-electron chi connectivity index (χ3n) is 3.92. The average Bonchev–Trinajstić information content (AvgIpc) is 3.18. The van der Waals surface area contributed by atoms with Crippen molar-refractivity contribution in [2.75, 3.05) is 19.0 Å². The maximum atomic E-state index is 12.0. The standard InChI is InChI=1S/C21H21N3O3S/c1-3-15-4-11-18(12-5-15)27-14-19(25)22-21-24-23-20(28-21)13-8-16-6-9-17(26-2)10-7-16/h4-13H,3,14H2,1-2H3,(H,22,24,25)/b13-8+. The van der Waals surface area contributed by atoms with Gasteiger partial charge in [0.25, 0.3) is 5.91 Å². The van der Waals surface area contributed by atoms with Crippen LogP contribution in [0, 0.1) is 0 Å². The van der Waals surface area contributed by atoms with Gasteiger partial charge < -0.3 is 9.47 Å². The summed E-state index contributed by atoms with van der Waals surface area (Å²) in [6.45, 7) is 2.01. The zero-order chi connectivity index (χ0) is 19.8. The molecule has 1 heterocycles. The van der Waals surface area contributed by atoms with Gasteiger partial charge in [-0.05, 0) is 47.9 Å². The van der Waals surface area contributed by atoms with Gasteiger partial charge in [-0.3, -0.25) is 10.1 Å². The fourth-order valence-electron chi connectivity index (χ4n) is 2.36. The number of hydrogen-bond donors (Lipinski definition) is 1. The molecule has 0 spiro atoms. The highest BCUT2D eigenvalue weighted by Crippen LogP contribution is 2.19. The lowest BCUT2D eigenvalue weighted by Crippen LogP contribution is -2.20. The Balaban J connectivity index is 1.50. The number of anilines is 1. The number of ether oxygens (including phenoxy) is 2. The maximum Gasteiger partial charge on any atom is 0.264 e. The van der Waals surface area contributed by atoms with Crippen LogP contribution in [0.15, 0.2) is 48.5 Å². The van der Waals surface area contributed by atoms with E-state index in [1.165, 1.54) is 16.9 Å². The highest BCUT2D eigenvalue weighted by atomic mass is 32.1. The van der Waals surface area contributed by atoms with Gasteiger partial charge in [0, 0.05) is 0 Å². The molecule has 0 unspecified atom stereocenters. The molecule has 0 bridgehead atoms. The topological polar surface area (TPSA) is 73.3 Å². The van der Waals surface area contributed by atoms with Crippen LogP contribution in [0.25, 0.3) is 12.2 Å². The molecule has 144 valence electrons. The molecule has 0 aliphatic carbocycles. The van der Waals surface area contributed by atoms with Gasteiger partial charge in [-0.15, -0.1) is 10.2 Å². The third kappa shape index (κ3) is 5.65. The van der Waals surface area contributed by atoms with Gasteiger partial charge >= 0.3 is 0 Å². The van der Waals surface area contributed by atoms with Crippen molar-refractivity contribution in [1.82, 2.24) is 10.2 Å². The first-order chi connectivity index (χ1) is 13.7. The molecule has 0 saturated heterocycles. The molecule has 0 atom stereocenters. The number of carbonyl (C=O) groups is 1. The van der Waals surface area contributed by atoms with Gasteiger partial charge in [-0.25, -0.2) is 0 Å². The second kappa shape index (κ2) is 9.66. The number of nitrogens with one attached hydrogen (secondary N) is 1. The summed E-state index contributed by atoms with van der Waals surface area (Å²) in [4.78, 5) is 12.0. The summed E-state index contributed by atoms with van der Waals surface area (Å²) < 4.78 is 10.6. The van der Waals surface area contributed by atoms with Crippen molar-refractivity contribution in [3.63, 3.8) is 0 Å². The van der Waals surface area contributed by atoms with E-state index in [4.69, 9.17) is 9.47 Å². The van der Waals surface area contributed by atoms with Crippen LogP contribution in [0.5, 0.6) is 11.5 Å². The highest BCUT2D eigenvalue weighted by Gasteiger charge is 2.08. The first-order valence-corrected chi connectivity index (χ1v) is 9.65. The SMILES string of the molecule is CCc1ccc(OCC(=O)Nc2nnc(/C=C/c3ccc(OC)cc3)s2)cc1. The number of nitrogens with zero attached hydrogens (tertiary/aromatic N) is 2. The third-order valence-corrected chi connectivity index (χ3v) is 4.73. The van der Waals surface area contributed by atoms with Crippen molar-refractivity contribution < 1.29 is 14.3 Å². The number of hydrogen-bond acceptors (Lipinski definition) is 6. The minimum atomic E-state index is -0.276. The fraction of sp³-hybridized carbons (Fsp3) is 0.190.